The van der Waals surface area contributed by atoms with Gasteiger partial charge >= 0.3 is 0 Å². The van der Waals surface area contributed by atoms with E-state index in [2.05, 4.69) is 37.6 Å². The molecule has 0 fully saturated rings. The molecule has 0 spiro atoms. The van der Waals surface area contributed by atoms with Crippen LogP contribution in [0.5, 0.6) is 5.75 Å². The molecule has 5 nitrogen and oxygen atoms in total. The van der Waals surface area contributed by atoms with Crippen molar-refractivity contribution in [3.63, 3.8) is 0 Å². The van der Waals surface area contributed by atoms with Gasteiger partial charge in [0.2, 0.25) is 5.43 Å². The molecule has 2 aromatic carbocycles. The molecule has 4 aromatic rings. The first-order valence-electron chi connectivity index (χ1n) is 11.7. The Bertz CT molecular complexity index is 1290. The molecule has 0 aliphatic rings. The Labute approximate surface area is 198 Å². The van der Waals surface area contributed by atoms with Gasteiger partial charge in [-0.2, -0.15) is 0 Å². The van der Waals surface area contributed by atoms with Gasteiger partial charge < -0.3 is 9.52 Å². The van der Waals surface area contributed by atoms with Crippen molar-refractivity contribution in [3.05, 3.63) is 57.9 Å². The Hall–Kier alpha value is -2.70. The van der Waals surface area contributed by atoms with Crippen molar-refractivity contribution < 1.29 is 9.52 Å². The Balaban J connectivity index is 1.86. The number of para-hydroxylation sites is 1. The number of thiazole rings is 1. The average Bonchev–Trinajstić information content (AvgIpc) is 3.19. The summed E-state index contributed by atoms with van der Waals surface area (Å²) < 4.78 is 7.11. The first kappa shape index (κ1) is 23.5. The van der Waals surface area contributed by atoms with Gasteiger partial charge in [-0.3, -0.25) is 9.69 Å². The van der Waals surface area contributed by atoms with Crippen LogP contribution in [0, 0.1) is 11.8 Å². The number of nitrogens with zero attached hydrogens (tertiary/aromatic N) is 2. The van der Waals surface area contributed by atoms with Crippen LogP contribution in [-0.2, 0) is 13.0 Å². The maximum Gasteiger partial charge on any atom is 0.202 e. The van der Waals surface area contributed by atoms with E-state index in [1.54, 1.807) is 6.07 Å². The molecule has 0 radical (unpaired) electrons. The molecule has 4 rings (SSSR count). The van der Waals surface area contributed by atoms with Gasteiger partial charge in [-0.05, 0) is 42.0 Å². The summed E-state index contributed by atoms with van der Waals surface area (Å²) in [5, 5.41) is 12.2. The van der Waals surface area contributed by atoms with E-state index in [1.165, 1.54) is 17.6 Å². The van der Waals surface area contributed by atoms with Gasteiger partial charge in [0.1, 0.15) is 22.6 Å². The number of phenols is 1. The molecule has 0 amide bonds. The Morgan fingerprint density at radius 3 is 2.45 bits per heavy atom. The molecular formula is C27H32N2O3S. The first-order chi connectivity index (χ1) is 15.8. The third-order valence-electron chi connectivity index (χ3n) is 5.74. The lowest BCUT2D eigenvalue weighted by atomic mass is 10.00. The number of aromatic hydroxyl groups is 1. The van der Waals surface area contributed by atoms with Gasteiger partial charge in [0.05, 0.1) is 26.7 Å². The van der Waals surface area contributed by atoms with E-state index in [0.717, 1.165) is 28.9 Å². The lowest BCUT2D eigenvalue weighted by Crippen LogP contribution is -2.31. The first-order valence-corrected chi connectivity index (χ1v) is 12.5. The number of aromatic nitrogens is 1. The summed E-state index contributed by atoms with van der Waals surface area (Å²) in [5.41, 5.74) is 3.15. The second-order valence-electron chi connectivity index (χ2n) is 9.54. The quantitative estimate of drug-likeness (QED) is 0.324. The molecule has 0 atom stereocenters. The van der Waals surface area contributed by atoms with Gasteiger partial charge in [0, 0.05) is 19.6 Å². The third kappa shape index (κ3) is 4.82. The topological polar surface area (TPSA) is 66.6 Å². The minimum atomic E-state index is -0.106. The summed E-state index contributed by atoms with van der Waals surface area (Å²) in [5.74, 6) is 1.21. The molecule has 0 bridgehead atoms. The van der Waals surface area contributed by atoms with Crippen LogP contribution in [0.3, 0.4) is 0 Å². The van der Waals surface area contributed by atoms with E-state index in [1.807, 2.05) is 31.2 Å². The molecule has 0 aliphatic heterocycles. The fraction of sp³-hybridized carbons (Fsp3) is 0.407. The molecule has 2 heterocycles. The number of hydrogen-bond acceptors (Lipinski definition) is 6. The second-order valence-corrected chi connectivity index (χ2v) is 10.6. The fourth-order valence-corrected chi connectivity index (χ4v) is 5.37. The average molecular weight is 465 g/mol. The summed E-state index contributed by atoms with van der Waals surface area (Å²) in [4.78, 5) is 20.6. The molecule has 0 saturated carbocycles. The van der Waals surface area contributed by atoms with Crippen molar-refractivity contribution in [2.45, 2.75) is 47.6 Å². The van der Waals surface area contributed by atoms with E-state index in [0.29, 0.717) is 51.9 Å². The Kier molecular flexibility index (Phi) is 6.86. The predicted octanol–water partition coefficient (Wildman–Crippen LogP) is 6.45. The Morgan fingerprint density at radius 2 is 1.82 bits per heavy atom. The zero-order valence-corrected chi connectivity index (χ0v) is 20.8. The maximum atomic E-state index is 13.6. The number of hydrogen-bond donors (Lipinski definition) is 1. The minimum absolute atomic E-state index is 0.106. The van der Waals surface area contributed by atoms with Crippen molar-refractivity contribution in [2.24, 2.45) is 11.8 Å². The lowest BCUT2D eigenvalue weighted by Gasteiger charge is -2.27. The van der Waals surface area contributed by atoms with E-state index >= 15 is 0 Å². The van der Waals surface area contributed by atoms with Gasteiger partial charge in [0.25, 0.3) is 0 Å². The van der Waals surface area contributed by atoms with E-state index in [9.17, 15) is 9.90 Å². The zero-order valence-electron chi connectivity index (χ0n) is 20.0. The molecule has 2 aromatic heterocycles. The second kappa shape index (κ2) is 9.65. The van der Waals surface area contributed by atoms with Crippen LogP contribution in [0.4, 0.5) is 0 Å². The van der Waals surface area contributed by atoms with Crippen LogP contribution in [0.25, 0.3) is 31.8 Å². The maximum absolute atomic E-state index is 13.6. The summed E-state index contributed by atoms with van der Waals surface area (Å²) in [7, 11) is 0. The number of aryl methyl sites for hydroxylation is 1. The monoisotopic (exact) mass is 464 g/mol. The summed E-state index contributed by atoms with van der Waals surface area (Å²) >= 11 is 1.49. The van der Waals surface area contributed by atoms with Gasteiger partial charge in [-0.15, -0.1) is 11.3 Å². The van der Waals surface area contributed by atoms with Crippen LogP contribution in [-0.4, -0.2) is 28.1 Å². The van der Waals surface area contributed by atoms with E-state index in [4.69, 9.17) is 4.42 Å². The zero-order chi connectivity index (χ0) is 23.7. The summed E-state index contributed by atoms with van der Waals surface area (Å²) in [6.45, 7) is 13.1. The standard InChI is InChI=1S/C27H32N2O3S/c1-6-18-11-19-25(31)21(27-28-22-9-7-8-10-23(22)33-27)15-32-26(19)20(24(18)30)14-29(12-16(2)3)13-17(4)5/h7-11,15-17,30H,6,12-14H2,1-5H3. The van der Waals surface area contributed by atoms with E-state index in [-0.39, 0.29) is 11.2 Å². The molecular weight excluding hydrogens is 432 g/mol. The number of rotatable bonds is 8. The minimum Gasteiger partial charge on any atom is -0.507 e. The smallest absolute Gasteiger partial charge is 0.202 e. The lowest BCUT2D eigenvalue weighted by molar-refractivity contribution is 0.209. The van der Waals surface area contributed by atoms with Crippen LogP contribution in [0.2, 0.25) is 0 Å². The van der Waals surface area contributed by atoms with Crippen LogP contribution < -0.4 is 5.43 Å². The highest BCUT2D eigenvalue weighted by Crippen LogP contribution is 2.35. The van der Waals surface area contributed by atoms with Gasteiger partial charge in [-0.1, -0.05) is 46.8 Å². The third-order valence-corrected chi connectivity index (χ3v) is 6.81. The number of fused-ring (bicyclic) bond motifs is 2. The SMILES string of the molecule is CCc1cc2c(=O)c(-c3nc4ccccc4s3)coc2c(CN(CC(C)C)CC(C)C)c1O. The number of benzene rings is 2. The van der Waals surface area contributed by atoms with Crippen molar-refractivity contribution in [2.75, 3.05) is 13.1 Å². The fourth-order valence-electron chi connectivity index (χ4n) is 4.40. The summed E-state index contributed by atoms with van der Waals surface area (Å²) in [6.07, 6.45) is 2.14. The molecule has 0 saturated heterocycles. The van der Waals surface area contributed by atoms with Gasteiger partial charge in [-0.25, -0.2) is 4.98 Å². The highest BCUT2D eigenvalue weighted by atomic mass is 32.1. The van der Waals surface area contributed by atoms with Crippen LogP contribution in [0.1, 0.15) is 45.7 Å². The van der Waals surface area contributed by atoms with Crippen molar-refractivity contribution in [1.29, 1.82) is 0 Å². The van der Waals surface area contributed by atoms with Crippen molar-refractivity contribution in [1.82, 2.24) is 9.88 Å². The van der Waals surface area contributed by atoms with Crippen molar-refractivity contribution >= 4 is 32.5 Å². The highest BCUT2D eigenvalue weighted by molar-refractivity contribution is 7.21. The predicted molar refractivity (Wildman–Crippen MR) is 137 cm³/mol. The van der Waals surface area contributed by atoms with E-state index < -0.39 is 0 Å². The summed E-state index contributed by atoms with van der Waals surface area (Å²) in [6, 6.07) is 9.64. The normalized spacial score (nSPS) is 12.1. The molecule has 6 heteroatoms. The number of phenolic OH excluding ortho intramolecular Hbond substituents is 1. The van der Waals surface area contributed by atoms with Crippen LogP contribution in [0.15, 0.2) is 45.8 Å². The van der Waals surface area contributed by atoms with Gasteiger partial charge in [0.15, 0.2) is 0 Å². The highest BCUT2D eigenvalue weighted by Gasteiger charge is 2.22. The largest absolute Gasteiger partial charge is 0.507 e. The van der Waals surface area contributed by atoms with Crippen LogP contribution >= 0.6 is 11.3 Å². The molecule has 0 unspecified atom stereocenters. The molecule has 174 valence electrons. The molecule has 1 N–H and O–H groups in total. The Morgan fingerprint density at radius 1 is 1.12 bits per heavy atom. The molecule has 0 aliphatic carbocycles. The molecule has 33 heavy (non-hydrogen) atoms. The van der Waals surface area contributed by atoms with Crippen molar-refractivity contribution in [3.8, 4) is 16.3 Å².